The summed E-state index contributed by atoms with van der Waals surface area (Å²) in [7, 11) is 0. The van der Waals surface area contributed by atoms with Crippen LogP contribution >= 0.6 is 0 Å². The summed E-state index contributed by atoms with van der Waals surface area (Å²) in [6.07, 6.45) is 11.0. The van der Waals surface area contributed by atoms with Gasteiger partial charge in [0.05, 0.1) is 40.7 Å². The van der Waals surface area contributed by atoms with Crippen LogP contribution in [0.1, 0.15) is 25.7 Å². The van der Waals surface area contributed by atoms with E-state index < -0.39 is 0 Å². The average Bonchev–Trinajstić information content (AvgIpc) is 3.73. The predicted molar refractivity (Wildman–Crippen MR) is 148 cm³/mol. The zero-order valence-corrected chi connectivity index (χ0v) is 20.9. The molecule has 0 bridgehead atoms. The minimum atomic E-state index is -0.287. The van der Waals surface area contributed by atoms with Crippen LogP contribution in [-0.4, -0.2) is 36.0 Å². The lowest BCUT2D eigenvalue weighted by atomic mass is 10.1. The van der Waals surface area contributed by atoms with Crippen LogP contribution in [0.5, 0.6) is 0 Å². The molecule has 0 unspecified atom stereocenters. The summed E-state index contributed by atoms with van der Waals surface area (Å²) in [5.74, 6) is -0.156. The second kappa shape index (κ2) is 9.43. The van der Waals surface area contributed by atoms with E-state index in [1.54, 1.807) is 36.9 Å². The molecule has 0 aliphatic heterocycles. The topological polar surface area (TPSA) is 112 Å². The number of aromatic nitrogens is 6. The van der Waals surface area contributed by atoms with Gasteiger partial charge in [0.2, 0.25) is 5.91 Å². The molecule has 0 spiro atoms. The molecule has 1 saturated carbocycles. The molecule has 192 valence electrons. The van der Waals surface area contributed by atoms with E-state index in [-0.39, 0.29) is 17.6 Å². The molecule has 1 amide bonds. The van der Waals surface area contributed by atoms with E-state index in [1.165, 1.54) is 12.1 Å². The Morgan fingerprint density at radius 2 is 1.69 bits per heavy atom. The smallest absolute Gasteiger partial charge is 0.227 e. The number of halogens is 1. The quantitative estimate of drug-likeness (QED) is 0.242. The van der Waals surface area contributed by atoms with Crippen molar-refractivity contribution in [1.82, 2.24) is 30.1 Å². The number of pyridine rings is 3. The van der Waals surface area contributed by atoms with Gasteiger partial charge in [-0.25, -0.2) is 4.39 Å². The predicted octanol–water partition coefficient (Wildman–Crippen LogP) is 6.50. The molecular weight excluding hydrogens is 493 g/mol. The lowest BCUT2D eigenvalue weighted by Crippen LogP contribution is -2.20. The first-order valence-corrected chi connectivity index (χ1v) is 13.0. The molecule has 0 radical (unpaired) electrons. The van der Waals surface area contributed by atoms with Crippen LogP contribution in [0.15, 0.2) is 73.3 Å². The maximum atomic E-state index is 13.5. The first-order valence-electron chi connectivity index (χ1n) is 13.0. The Bertz CT molecular complexity index is 1830. The van der Waals surface area contributed by atoms with Crippen LogP contribution in [0, 0.1) is 11.7 Å². The maximum Gasteiger partial charge on any atom is 0.227 e. The number of nitrogens with one attached hydrogen (secondary N) is 3. The summed E-state index contributed by atoms with van der Waals surface area (Å²) in [6.45, 7) is 0. The van der Waals surface area contributed by atoms with Gasteiger partial charge in [-0.3, -0.25) is 24.8 Å². The monoisotopic (exact) mass is 517 g/mol. The van der Waals surface area contributed by atoms with Gasteiger partial charge in [-0.2, -0.15) is 5.10 Å². The Hall–Kier alpha value is -4.92. The van der Waals surface area contributed by atoms with Crippen molar-refractivity contribution >= 4 is 33.4 Å². The van der Waals surface area contributed by atoms with Crippen molar-refractivity contribution < 1.29 is 9.18 Å². The van der Waals surface area contributed by atoms with Crippen molar-refractivity contribution in [2.45, 2.75) is 25.7 Å². The Kier molecular flexibility index (Phi) is 5.61. The number of hydrogen-bond donors (Lipinski definition) is 3. The molecule has 9 heteroatoms. The fraction of sp³-hybridized carbons (Fsp3) is 0.167. The van der Waals surface area contributed by atoms with Gasteiger partial charge in [-0.05, 0) is 61.4 Å². The average molecular weight is 518 g/mol. The van der Waals surface area contributed by atoms with E-state index in [0.29, 0.717) is 5.69 Å². The lowest BCUT2D eigenvalue weighted by Gasteiger charge is -2.11. The summed E-state index contributed by atoms with van der Waals surface area (Å²) in [5, 5.41) is 12.5. The third-order valence-electron chi connectivity index (χ3n) is 7.40. The van der Waals surface area contributed by atoms with Gasteiger partial charge in [-0.15, -0.1) is 0 Å². The molecule has 1 aromatic carbocycles. The minimum Gasteiger partial charge on any atom is -0.353 e. The Morgan fingerprint density at radius 3 is 2.54 bits per heavy atom. The molecule has 7 rings (SSSR count). The number of carbonyl (C=O) groups is 1. The number of H-pyrrole nitrogens is 2. The highest BCUT2D eigenvalue weighted by atomic mass is 19.1. The Morgan fingerprint density at radius 1 is 0.872 bits per heavy atom. The van der Waals surface area contributed by atoms with E-state index in [0.717, 1.165) is 81.4 Å². The standard InChI is InChI=1S/C30H24FN7O/c31-20-7-5-17(6-8-20)28-22-13-26(36-24(22)9-10-33-28)29-23-12-25(34-16-27(23)37-38-29)19-11-21(15-32-14-19)35-30(39)18-3-1-2-4-18/h5-16,18,36H,1-4H2,(H,35,39)(H,37,38). The lowest BCUT2D eigenvalue weighted by molar-refractivity contribution is -0.119. The largest absolute Gasteiger partial charge is 0.353 e. The van der Waals surface area contributed by atoms with Gasteiger partial charge in [0, 0.05) is 45.7 Å². The molecule has 5 aromatic heterocycles. The van der Waals surface area contributed by atoms with Crippen LogP contribution in [0.25, 0.3) is 55.7 Å². The number of nitrogens with zero attached hydrogens (tertiary/aromatic N) is 4. The molecule has 5 heterocycles. The summed E-state index contributed by atoms with van der Waals surface area (Å²) in [6, 6.07) is 14.1. The van der Waals surface area contributed by atoms with Gasteiger partial charge >= 0.3 is 0 Å². The van der Waals surface area contributed by atoms with Gasteiger partial charge in [0.15, 0.2) is 0 Å². The molecule has 1 aliphatic rings. The first kappa shape index (κ1) is 23.2. The van der Waals surface area contributed by atoms with Gasteiger partial charge in [0.25, 0.3) is 0 Å². The molecule has 39 heavy (non-hydrogen) atoms. The van der Waals surface area contributed by atoms with Gasteiger partial charge < -0.3 is 10.3 Å². The maximum absolute atomic E-state index is 13.5. The third kappa shape index (κ3) is 4.31. The number of rotatable bonds is 5. The van der Waals surface area contributed by atoms with E-state index in [1.807, 2.05) is 24.3 Å². The van der Waals surface area contributed by atoms with Crippen molar-refractivity contribution in [2.24, 2.45) is 5.92 Å². The van der Waals surface area contributed by atoms with Crippen molar-refractivity contribution in [3.8, 4) is 33.9 Å². The number of aromatic amines is 2. The fourth-order valence-electron chi connectivity index (χ4n) is 5.38. The van der Waals surface area contributed by atoms with Gasteiger partial charge in [-0.1, -0.05) is 12.8 Å². The summed E-state index contributed by atoms with van der Waals surface area (Å²) < 4.78 is 13.5. The minimum absolute atomic E-state index is 0.0558. The van der Waals surface area contributed by atoms with Crippen molar-refractivity contribution in [2.75, 3.05) is 5.32 Å². The number of benzene rings is 1. The zero-order chi connectivity index (χ0) is 26.3. The van der Waals surface area contributed by atoms with Crippen LogP contribution < -0.4 is 5.32 Å². The number of anilines is 1. The molecule has 3 N–H and O–H groups in total. The highest BCUT2D eigenvalue weighted by molar-refractivity contribution is 6.00. The summed E-state index contributed by atoms with van der Waals surface area (Å²) in [4.78, 5) is 29.6. The number of carbonyl (C=O) groups excluding carboxylic acids is 1. The molecule has 1 fully saturated rings. The number of amides is 1. The fourth-order valence-corrected chi connectivity index (χ4v) is 5.38. The normalized spacial score (nSPS) is 13.9. The van der Waals surface area contributed by atoms with Crippen molar-refractivity contribution in [1.29, 1.82) is 0 Å². The van der Waals surface area contributed by atoms with Gasteiger partial charge in [0.1, 0.15) is 11.5 Å². The molecule has 6 aromatic rings. The SMILES string of the molecule is O=C(Nc1cncc(-c2cc3c(-c4cc5c(-c6ccc(F)cc6)nccc5[nH]4)n[nH]c3cn2)c1)C1CCCC1. The molecule has 0 atom stereocenters. The van der Waals surface area contributed by atoms with Crippen LogP contribution in [-0.2, 0) is 4.79 Å². The summed E-state index contributed by atoms with van der Waals surface area (Å²) in [5.41, 5.74) is 7.04. The zero-order valence-electron chi connectivity index (χ0n) is 20.9. The van der Waals surface area contributed by atoms with Crippen LogP contribution in [0.2, 0.25) is 0 Å². The Balaban J connectivity index is 1.24. The van der Waals surface area contributed by atoms with E-state index in [4.69, 9.17) is 0 Å². The van der Waals surface area contributed by atoms with E-state index in [2.05, 4.69) is 35.5 Å². The second-order valence-corrected chi connectivity index (χ2v) is 9.93. The first-order chi connectivity index (χ1) is 19.1. The van der Waals surface area contributed by atoms with E-state index in [9.17, 15) is 9.18 Å². The number of hydrogen-bond acceptors (Lipinski definition) is 5. The number of fused-ring (bicyclic) bond motifs is 2. The second-order valence-electron chi connectivity index (χ2n) is 9.93. The molecule has 1 aliphatic carbocycles. The van der Waals surface area contributed by atoms with Crippen molar-refractivity contribution in [3.05, 3.63) is 79.1 Å². The highest BCUT2D eigenvalue weighted by Crippen LogP contribution is 2.34. The van der Waals surface area contributed by atoms with Crippen LogP contribution in [0.3, 0.4) is 0 Å². The third-order valence-corrected chi connectivity index (χ3v) is 7.40. The molecular formula is C30H24FN7O. The Labute approximate surface area is 222 Å². The highest BCUT2D eigenvalue weighted by Gasteiger charge is 2.23. The van der Waals surface area contributed by atoms with Crippen LogP contribution in [0.4, 0.5) is 10.1 Å². The van der Waals surface area contributed by atoms with Crippen molar-refractivity contribution in [3.63, 3.8) is 0 Å². The molecule has 0 saturated heterocycles. The molecule has 8 nitrogen and oxygen atoms in total. The summed E-state index contributed by atoms with van der Waals surface area (Å²) >= 11 is 0. The van der Waals surface area contributed by atoms with E-state index >= 15 is 0 Å².